The number of carboxylic acids is 1. The minimum absolute atomic E-state index is 0.121. The minimum atomic E-state index is -2.63. The fourth-order valence-electron chi connectivity index (χ4n) is 1.12. The van der Waals surface area contributed by atoms with E-state index >= 15 is 0 Å². The Morgan fingerprint density at radius 2 is 2.27 bits per heavy atom. The highest BCUT2D eigenvalue weighted by molar-refractivity contribution is 9.10. The van der Waals surface area contributed by atoms with Crippen LogP contribution in [-0.4, -0.2) is 16.1 Å². The van der Waals surface area contributed by atoms with Gasteiger partial charge in [-0.05, 0) is 34.5 Å². The van der Waals surface area contributed by atoms with Gasteiger partial charge in [0.25, 0.3) is 6.43 Å². The van der Waals surface area contributed by atoms with Crippen molar-refractivity contribution in [2.24, 2.45) is 0 Å². The number of hydrogen-bond acceptors (Lipinski definition) is 2. The molecule has 0 unspecified atom stereocenters. The SMILES string of the molecule is Cc1c(C(F)F)cc(CC(=O)O)nc1Br. The molecule has 1 rings (SSSR count). The van der Waals surface area contributed by atoms with E-state index in [1.54, 1.807) is 0 Å². The van der Waals surface area contributed by atoms with Gasteiger partial charge in [-0.25, -0.2) is 13.8 Å². The predicted molar refractivity (Wildman–Crippen MR) is 53.0 cm³/mol. The van der Waals surface area contributed by atoms with Crippen LogP contribution < -0.4 is 0 Å². The normalized spacial score (nSPS) is 10.7. The number of nitrogens with zero attached hydrogens (tertiary/aromatic N) is 1. The average Bonchev–Trinajstić information content (AvgIpc) is 2.09. The molecule has 6 heteroatoms. The summed E-state index contributed by atoms with van der Waals surface area (Å²) in [5.41, 5.74) is 0.266. The lowest BCUT2D eigenvalue weighted by Crippen LogP contribution is -2.05. The first-order valence-corrected chi connectivity index (χ1v) is 4.87. The maximum atomic E-state index is 12.5. The molecule has 0 bridgehead atoms. The predicted octanol–water partition coefficient (Wildman–Crippen LogP) is 2.72. The Bertz CT molecular complexity index is 396. The molecule has 0 aliphatic heterocycles. The van der Waals surface area contributed by atoms with Crippen LogP contribution in [0.15, 0.2) is 10.7 Å². The molecule has 1 aromatic heterocycles. The fourth-order valence-corrected chi connectivity index (χ4v) is 1.58. The second kappa shape index (κ2) is 4.65. The van der Waals surface area contributed by atoms with Crippen molar-refractivity contribution >= 4 is 21.9 Å². The van der Waals surface area contributed by atoms with E-state index in [4.69, 9.17) is 5.11 Å². The lowest BCUT2D eigenvalue weighted by Gasteiger charge is -2.08. The lowest BCUT2D eigenvalue weighted by atomic mass is 10.1. The summed E-state index contributed by atoms with van der Waals surface area (Å²) < 4.78 is 25.3. The van der Waals surface area contributed by atoms with Gasteiger partial charge >= 0.3 is 5.97 Å². The van der Waals surface area contributed by atoms with Crippen molar-refractivity contribution in [3.63, 3.8) is 0 Å². The molecule has 1 heterocycles. The Morgan fingerprint density at radius 3 is 2.73 bits per heavy atom. The highest BCUT2D eigenvalue weighted by Crippen LogP contribution is 2.27. The van der Waals surface area contributed by atoms with E-state index in [0.717, 1.165) is 6.07 Å². The van der Waals surface area contributed by atoms with Gasteiger partial charge in [0.05, 0.1) is 12.1 Å². The quantitative estimate of drug-likeness (QED) is 0.866. The molecule has 3 nitrogen and oxygen atoms in total. The fraction of sp³-hybridized carbons (Fsp3) is 0.333. The Labute approximate surface area is 93.3 Å². The molecular formula is C9H8BrF2NO2. The van der Waals surface area contributed by atoms with Crippen molar-refractivity contribution in [2.45, 2.75) is 19.8 Å². The molecule has 0 saturated carbocycles. The highest BCUT2D eigenvalue weighted by Gasteiger charge is 2.16. The van der Waals surface area contributed by atoms with Gasteiger partial charge in [-0.1, -0.05) is 0 Å². The first-order valence-electron chi connectivity index (χ1n) is 4.07. The maximum absolute atomic E-state index is 12.5. The van der Waals surface area contributed by atoms with Crippen LogP contribution in [0.5, 0.6) is 0 Å². The largest absolute Gasteiger partial charge is 0.481 e. The first kappa shape index (κ1) is 12.0. The molecule has 0 radical (unpaired) electrons. The number of pyridine rings is 1. The van der Waals surface area contributed by atoms with E-state index in [2.05, 4.69) is 20.9 Å². The molecule has 0 amide bonds. The third-order valence-electron chi connectivity index (χ3n) is 1.87. The van der Waals surface area contributed by atoms with Crippen LogP contribution in [0.25, 0.3) is 0 Å². The standard InChI is InChI=1S/C9H8BrF2NO2/c1-4-6(9(11)12)2-5(3-7(14)15)13-8(4)10/h2,9H,3H2,1H3,(H,14,15). The van der Waals surface area contributed by atoms with Gasteiger partial charge in [0.1, 0.15) is 4.60 Å². The number of carbonyl (C=O) groups is 1. The Hall–Kier alpha value is -1.04. The zero-order valence-electron chi connectivity index (χ0n) is 7.80. The van der Waals surface area contributed by atoms with Gasteiger partial charge < -0.3 is 5.11 Å². The summed E-state index contributed by atoms with van der Waals surface area (Å²) in [4.78, 5) is 14.3. The van der Waals surface area contributed by atoms with Crippen LogP contribution in [0.4, 0.5) is 8.78 Å². The number of halogens is 3. The van der Waals surface area contributed by atoms with Gasteiger partial charge in [0, 0.05) is 5.56 Å². The van der Waals surface area contributed by atoms with Gasteiger partial charge in [0.15, 0.2) is 0 Å². The molecule has 0 aliphatic rings. The number of aromatic nitrogens is 1. The molecule has 0 aromatic carbocycles. The van der Waals surface area contributed by atoms with Crippen LogP contribution in [-0.2, 0) is 11.2 Å². The van der Waals surface area contributed by atoms with Crippen LogP contribution >= 0.6 is 15.9 Å². The van der Waals surface area contributed by atoms with Crippen LogP contribution in [0.3, 0.4) is 0 Å². The number of alkyl halides is 2. The number of aliphatic carboxylic acids is 1. The van der Waals surface area contributed by atoms with Gasteiger partial charge in [0.2, 0.25) is 0 Å². The van der Waals surface area contributed by atoms with Crippen LogP contribution in [0.1, 0.15) is 23.2 Å². The molecule has 1 aromatic rings. The van der Waals surface area contributed by atoms with Crippen LogP contribution in [0.2, 0.25) is 0 Å². The number of hydrogen-bond donors (Lipinski definition) is 1. The topological polar surface area (TPSA) is 50.2 Å². The minimum Gasteiger partial charge on any atom is -0.481 e. The van der Waals surface area contributed by atoms with Crippen LogP contribution in [0, 0.1) is 6.92 Å². The van der Waals surface area contributed by atoms with Gasteiger partial charge in [-0.15, -0.1) is 0 Å². The Morgan fingerprint density at radius 1 is 1.67 bits per heavy atom. The summed E-state index contributed by atoms with van der Waals surface area (Å²) >= 11 is 3.02. The first-order chi connectivity index (χ1) is 6.91. The molecule has 0 saturated heterocycles. The maximum Gasteiger partial charge on any atom is 0.309 e. The smallest absolute Gasteiger partial charge is 0.309 e. The third-order valence-corrected chi connectivity index (χ3v) is 2.65. The summed E-state index contributed by atoms with van der Waals surface area (Å²) in [5, 5.41) is 8.51. The van der Waals surface area contributed by atoms with Crippen molar-refractivity contribution < 1.29 is 18.7 Å². The summed E-state index contributed by atoms with van der Waals surface area (Å²) in [6, 6.07) is 1.12. The summed E-state index contributed by atoms with van der Waals surface area (Å²) in [6.07, 6.45) is -2.99. The van der Waals surface area contributed by atoms with Crippen molar-refractivity contribution in [3.8, 4) is 0 Å². The van der Waals surface area contributed by atoms with E-state index < -0.39 is 12.4 Å². The zero-order chi connectivity index (χ0) is 11.6. The molecule has 0 aliphatic carbocycles. The van der Waals surface area contributed by atoms with Crippen molar-refractivity contribution in [3.05, 3.63) is 27.5 Å². The third kappa shape index (κ3) is 2.95. The Balaban J connectivity index is 3.17. The number of rotatable bonds is 3. The average molecular weight is 280 g/mol. The van der Waals surface area contributed by atoms with Crippen molar-refractivity contribution in [2.75, 3.05) is 0 Å². The van der Waals surface area contributed by atoms with E-state index in [0.29, 0.717) is 5.56 Å². The van der Waals surface area contributed by atoms with Crippen molar-refractivity contribution in [1.29, 1.82) is 0 Å². The Kier molecular flexibility index (Phi) is 3.73. The molecule has 1 N–H and O–H groups in total. The molecule has 82 valence electrons. The molecule has 0 spiro atoms. The van der Waals surface area contributed by atoms with E-state index in [1.165, 1.54) is 6.92 Å². The van der Waals surface area contributed by atoms with Gasteiger partial charge in [-0.3, -0.25) is 4.79 Å². The molecule has 0 atom stereocenters. The van der Waals surface area contributed by atoms with E-state index in [9.17, 15) is 13.6 Å². The second-order valence-corrected chi connectivity index (χ2v) is 3.74. The summed E-state index contributed by atoms with van der Waals surface area (Å²) in [7, 11) is 0. The lowest BCUT2D eigenvalue weighted by molar-refractivity contribution is -0.136. The molecule has 15 heavy (non-hydrogen) atoms. The molecule has 0 fully saturated rings. The highest BCUT2D eigenvalue weighted by atomic mass is 79.9. The second-order valence-electron chi connectivity index (χ2n) is 2.99. The summed E-state index contributed by atoms with van der Waals surface area (Å²) in [5.74, 6) is -1.10. The van der Waals surface area contributed by atoms with E-state index in [-0.39, 0.29) is 22.3 Å². The summed E-state index contributed by atoms with van der Waals surface area (Å²) in [6.45, 7) is 1.50. The van der Waals surface area contributed by atoms with Crippen molar-refractivity contribution in [1.82, 2.24) is 4.98 Å². The van der Waals surface area contributed by atoms with Gasteiger partial charge in [-0.2, -0.15) is 0 Å². The van der Waals surface area contributed by atoms with E-state index in [1.807, 2.05) is 0 Å². The zero-order valence-corrected chi connectivity index (χ0v) is 9.38. The monoisotopic (exact) mass is 279 g/mol. The number of carboxylic acid groups (broad SMARTS) is 1. The molecular weight excluding hydrogens is 272 g/mol.